The van der Waals surface area contributed by atoms with Gasteiger partial charge in [0.2, 0.25) is 5.91 Å². The van der Waals surface area contributed by atoms with Crippen LogP contribution >= 0.6 is 0 Å². The number of carbonyl (C=O) groups is 1. The van der Waals surface area contributed by atoms with E-state index in [9.17, 15) is 4.79 Å². The average Bonchev–Trinajstić information content (AvgIpc) is 3.00. The van der Waals surface area contributed by atoms with Gasteiger partial charge in [-0.15, -0.1) is 0 Å². The van der Waals surface area contributed by atoms with Crippen molar-refractivity contribution >= 4 is 11.6 Å². The van der Waals surface area contributed by atoms with E-state index in [-0.39, 0.29) is 11.3 Å². The van der Waals surface area contributed by atoms with Crippen LogP contribution in [0.3, 0.4) is 0 Å². The highest BCUT2D eigenvalue weighted by molar-refractivity contribution is 5.99. The van der Waals surface area contributed by atoms with E-state index in [2.05, 4.69) is 25.7 Å². The molecular formula is C18H23NO2. The number of para-hydroxylation sites is 2. The van der Waals surface area contributed by atoms with Crippen molar-refractivity contribution in [3.05, 3.63) is 36.4 Å². The minimum Gasteiger partial charge on any atom is -0.495 e. The Morgan fingerprint density at radius 2 is 2.10 bits per heavy atom. The summed E-state index contributed by atoms with van der Waals surface area (Å²) in [7, 11) is 1.62. The molecule has 21 heavy (non-hydrogen) atoms. The number of methoxy groups -OCH3 is 1. The third-order valence-corrected chi connectivity index (χ3v) is 5.68. The molecule has 112 valence electrons. The lowest BCUT2D eigenvalue weighted by Crippen LogP contribution is -2.37. The predicted octanol–water partition coefficient (Wildman–Crippen LogP) is 4.02. The zero-order valence-corrected chi connectivity index (χ0v) is 13.0. The van der Waals surface area contributed by atoms with E-state index in [4.69, 9.17) is 4.74 Å². The van der Waals surface area contributed by atoms with Crippen LogP contribution in [-0.4, -0.2) is 13.0 Å². The summed E-state index contributed by atoms with van der Waals surface area (Å²) in [5.74, 6) is 1.35. The Bertz CT molecular complexity index is 605. The van der Waals surface area contributed by atoms with Crippen LogP contribution < -0.4 is 10.1 Å². The third kappa shape index (κ3) is 1.90. The number of nitrogens with one attached hydrogen (secondary N) is 1. The number of fused-ring (bicyclic) bond motifs is 2. The quantitative estimate of drug-likeness (QED) is 0.852. The minimum atomic E-state index is -0.394. The molecule has 2 bridgehead atoms. The van der Waals surface area contributed by atoms with Crippen LogP contribution in [0.1, 0.15) is 33.1 Å². The Morgan fingerprint density at radius 3 is 2.71 bits per heavy atom. The smallest absolute Gasteiger partial charge is 0.234 e. The first-order chi connectivity index (χ1) is 9.91. The molecule has 1 amide bonds. The molecule has 0 aliphatic heterocycles. The molecule has 2 saturated carbocycles. The second-order valence-electron chi connectivity index (χ2n) is 6.88. The number of carbonyl (C=O) groups excluding carboxylic acids is 1. The van der Waals surface area contributed by atoms with Gasteiger partial charge in [0.05, 0.1) is 18.2 Å². The van der Waals surface area contributed by atoms with Gasteiger partial charge in [0, 0.05) is 0 Å². The van der Waals surface area contributed by atoms with E-state index in [1.165, 1.54) is 0 Å². The maximum Gasteiger partial charge on any atom is 0.234 e. The highest BCUT2D eigenvalue weighted by atomic mass is 16.5. The summed E-state index contributed by atoms with van der Waals surface area (Å²) in [5, 5.41) is 3.07. The first-order valence-electron chi connectivity index (χ1n) is 7.56. The van der Waals surface area contributed by atoms with E-state index in [1.807, 2.05) is 24.3 Å². The van der Waals surface area contributed by atoms with Crippen LogP contribution in [0.4, 0.5) is 5.69 Å². The van der Waals surface area contributed by atoms with Crippen molar-refractivity contribution in [2.75, 3.05) is 12.4 Å². The minimum absolute atomic E-state index is 0.0658. The topological polar surface area (TPSA) is 38.3 Å². The Balaban J connectivity index is 1.88. The van der Waals surface area contributed by atoms with Gasteiger partial charge in [0.1, 0.15) is 5.75 Å². The van der Waals surface area contributed by atoms with Gasteiger partial charge >= 0.3 is 0 Å². The van der Waals surface area contributed by atoms with Gasteiger partial charge in [-0.25, -0.2) is 0 Å². The van der Waals surface area contributed by atoms with Crippen molar-refractivity contribution < 1.29 is 9.53 Å². The normalized spacial score (nSPS) is 29.5. The maximum absolute atomic E-state index is 12.9. The lowest BCUT2D eigenvalue weighted by molar-refractivity contribution is -0.123. The first-order valence-corrected chi connectivity index (χ1v) is 7.56. The second-order valence-corrected chi connectivity index (χ2v) is 6.88. The average molecular weight is 285 g/mol. The molecule has 0 heterocycles. The zero-order valence-electron chi connectivity index (χ0n) is 13.0. The van der Waals surface area contributed by atoms with Gasteiger partial charge in [0.15, 0.2) is 0 Å². The molecule has 3 rings (SSSR count). The Hall–Kier alpha value is -1.77. The molecule has 3 nitrogen and oxygen atoms in total. The summed E-state index contributed by atoms with van der Waals surface area (Å²) < 4.78 is 5.32. The van der Waals surface area contributed by atoms with Crippen LogP contribution in [0.5, 0.6) is 5.75 Å². The molecule has 1 aromatic rings. The van der Waals surface area contributed by atoms with Gasteiger partial charge in [-0.05, 0) is 42.7 Å². The highest BCUT2D eigenvalue weighted by Gasteiger charge is 2.60. The fourth-order valence-corrected chi connectivity index (χ4v) is 4.13. The summed E-state index contributed by atoms with van der Waals surface area (Å²) in [5.41, 5.74) is 1.50. The summed E-state index contributed by atoms with van der Waals surface area (Å²) in [4.78, 5) is 12.9. The maximum atomic E-state index is 12.9. The Kier molecular flexibility index (Phi) is 3.12. The summed E-state index contributed by atoms with van der Waals surface area (Å²) >= 11 is 0. The predicted molar refractivity (Wildman–Crippen MR) is 84.3 cm³/mol. The van der Waals surface area contributed by atoms with Crippen LogP contribution in [-0.2, 0) is 4.79 Å². The van der Waals surface area contributed by atoms with Gasteiger partial charge in [0.25, 0.3) is 0 Å². The molecule has 2 fully saturated rings. The third-order valence-electron chi connectivity index (χ3n) is 5.68. The number of amides is 1. The van der Waals surface area contributed by atoms with E-state index in [0.29, 0.717) is 11.7 Å². The second kappa shape index (κ2) is 4.62. The molecule has 0 spiro atoms. The molecule has 0 saturated heterocycles. The fourth-order valence-electron chi connectivity index (χ4n) is 4.13. The number of rotatable bonds is 3. The lowest BCUT2D eigenvalue weighted by atomic mass is 9.68. The van der Waals surface area contributed by atoms with E-state index in [0.717, 1.165) is 30.5 Å². The first kappa shape index (κ1) is 14.2. The summed E-state index contributed by atoms with van der Waals surface area (Å²) in [6.45, 7) is 8.71. The van der Waals surface area contributed by atoms with Crippen molar-refractivity contribution in [3.63, 3.8) is 0 Å². The van der Waals surface area contributed by atoms with Crippen molar-refractivity contribution in [1.29, 1.82) is 0 Å². The molecule has 0 aromatic heterocycles. The number of ether oxygens (including phenoxy) is 1. The van der Waals surface area contributed by atoms with Crippen LogP contribution in [0, 0.1) is 16.7 Å². The molecule has 2 aliphatic rings. The van der Waals surface area contributed by atoms with Gasteiger partial charge < -0.3 is 10.1 Å². The molecule has 2 aliphatic carbocycles. The molecule has 0 unspecified atom stereocenters. The monoisotopic (exact) mass is 285 g/mol. The van der Waals surface area contributed by atoms with E-state index >= 15 is 0 Å². The summed E-state index contributed by atoms with van der Waals surface area (Å²) in [6, 6.07) is 7.54. The number of benzene rings is 1. The largest absolute Gasteiger partial charge is 0.495 e. The zero-order chi connectivity index (χ0) is 15.3. The SMILES string of the molecule is C=C1C(C)(C)[C@H]2CC[C@]1(C(=O)Nc1ccccc1OC)C2. The standard InChI is InChI=1S/C18H23NO2/c1-12-17(2,3)13-9-10-18(12,11-13)16(20)19-14-7-5-6-8-15(14)21-4/h5-8,13H,1,9-11H2,2-4H3,(H,19,20)/t13-,18-/m0/s1. The van der Waals surface area contributed by atoms with E-state index in [1.54, 1.807) is 7.11 Å². The van der Waals surface area contributed by atoms with Crippen molar-refractivity contribution in [1.82, 2.24) is 0 Å². The molecule has 3 heteroatoms. The molecular weight excluding hydrogens is 262 g/mol. The molecule has 1 N–H and O–H groups in total. The molecule has 0 radical (unpaired) electrons. The van der Waals surface area contributed by atoms with Crippen LogP contribution in [0.2, 0.25) is 0 Å². The Labute approximate surface area is 126 Å². The van der Waals surface area contributed by atoms with Crippen LogP contribution in [0.15, 0.2) is 36.4 Å². The Morgan fingerprint density at radius 1 is 1.38 bits per heavy atom. The van der Waals surface area contributed by atoms with Crippen molar-refractivity contribution in [2.24, 2.45) is 16.7 Å². The number of hydrogen-bond donors (Lipinski definition) is 1. The van der Waals surface area contributed by atoms with Crippen molar-refractivity contribution in [3.8, 4) is 5.75 Å². The summed E-state index contributed by atoms with van der Waals surface area (Å²) in [6.07, 6.45) is 2.96. The number of anilines is 1. The van der Waals surface area contributed by atoms with E-state index < -0.39 is 5.41 Å². The van der Waals surface area contributed by atoms with Crippen molar-refractivity contribution in [2.45, 2.75) is 33.1 Å². The highest BCUT2D eigenvalue weighted by Crippen LogP contribution is 2.65. The lowest BCUT2D eigenvalue weighted by Gasteiger charge is -2.37. The van der Waals surface area contributed by atoms with Crippen LogP contribution in [0.25, 0.3) is 0 Å². The molecule has 2 atom stereocenters. The fraction of sp³-hybridized carbons (Fsp3) is 0.500. The number of hydrogen-bond acceptors (Lipinski definition) is 2. The van der Waals surface area contributed by atoms with Gasteiger partial charge in [-0.3, -0.25) is 4.79 Å². The molecule has 1 aromatic carbocycles. The van der Waals surface area contributed by atoms with Gasteiger partial charge in [-0.2, -0.15) is 0 Å². The van der Waals surface area contributed by atoms with Gasteiger partial charge in [-0.1, -0.05) is 38.1 Å².